The molecule has 0 aromatic rings. The molecule has 1 saturated carbocycles. The summed E-state index contributed by atoms with van der Waals surface area (Å²) in [6.07, 6.45) is 5.53. The van der Waals surface area contributed by atoms with Gasteiger partial charge in [-0.2, -0.15) is 0 Å². The lowest BCUT2D eigenvalue weighted by atomic mass is 9.49. The molecule has 1 heterocycles. The molecule has 100 valence electrons. The lowest BCUT2D eigenvalue weighted by Gasteiger charge is -2.55. The van der Waals surface area contributed by atoms with E-state index in [-0.39, 0.29) is 22.9 Å². The summed E-state index contributed by atoms with van der Waals surface area (Å²) in [5, 5.41) is 0. The van der Waals surface area contributed by atoms with Gasteiger partial charge in [0.05, 0.1) is 6.61 Å². The van der Waals surface area contributed by atoms with Crippen LogP contribution in [0.3, 0.4) is 0 Å². The minimum absolute atomic E-state index is 0.00648. The number of hydrogen-bond donors (Lipinski definition) is 0. The Bertz CT molecular complexity index is 406. The first-order valence-electron chi connectivity index (χ1n) is 6.90. The van der Waals surface area contributed by atoms with Gasteiger partial charge in [0, 0.05) is 18.9 Å². The van der Waals surface area contributed by atoms with Crippen LogP contribution in [0.2, 0.25) is 0 Å². The maximum absolute atomic E-state index is 11.7. The van der Waals surface area contributed by atoms with E-state index >= 15 is 0 Å². The van der Waals surface area contributed by atoms with Crippen molar-refractivity contribution in [1.29, 1.82) is 0 Å². The van der Waals surface area contributed by atoms with Gasteiger partial charge >= 0.3 is 0 Å². The second kappa shape index (κ2) is 3.91. The molecule has 18 heavy (non-hydrogen) atoms. The Morgan fingerprint density at radius 2 is 2.17 bits per heavy atom. The first-order chi connectivity index (χ1) is 8.52. The van der Waals surface area contributed by atoms with Gasteiger partial charge in [0.15, 0.2) is 12.1 Å². The maximum Gasteiger partial charge on any atom is 0.163 e. The lowest BCUT2D eigenvalue weighted by molar-refractivity contribution is -0.176. The quantitative estimate of drug-likeness (QED) is 0.718. The van der Waals surface area contributed by atoms with E-state index in [1.54, 1.807) is 7.11 Å². The van der Waals surface area contributed by atoms with Crippen LogP contribution in [-0.4, -0.2) is 25.8 Å². The molecule has 0 bridgehead atoms. The third kappa shape index (κ3) is 1.35. The standard InChI is InChI=1S/C15H22O3/c1-14-7-6-12(16)8-10(14)4-5-11-9-18-13(17-3)15(11,14)2/h8,11,13H,4-7,9H2,1-3H3/t11-,13+,14-,15+/m0/s1. The van der Waals surface area contributed by atoms with Gasteiger partial charge in [-0.3, -0.25) is 4.79 Å². The predicted molar refractivity (Wildman–Crippen MR) is 68.0 cm³/mol. The van der Waals surface area contributed by atoms with Crippen molar-refractivity contribution in [2.24, 2.45) is 16.7 Å². The molecular formula is C15H22O3. The summed E-state index contributed by atoms with van der Waals surface area (Å²) in [5.41, 5.74) is 1.39. The Labute approximate surface area is 109 Å². The Morgan fingerprint density at radius 1 is 1.39 bits per heavy atom. The molecule has 1 saturated heterocycles. The number of ketones is 1. The molecule has 3 nitrogen and oxygen atoms in total. The van der Waals surface area contributed by atoms with E-state index in [2.05, 4.69) is 13.8 Å². The van der Waals surface area contributed by atoms with E-state index in [0.29, 0.717) is 12.3 Å². The summed E-state index contributed by atoms with van der Waals surface area (Å²) in [7, 11) is 1.73. The Kier molecular flexibility index (Phi) is 2.69. The monoisotopic (exact) mass is 250 g/mol. The highest BCUT2D eigenvalue weighted by atomic mass is 16.7. The van der Waals surface area contributed by atoms with Gasteiger partial charge in [-0.25, -0.2) is 0 Å². The van der Waals surface area contributed by atoms with Gasteiger partial charge in [-0.1, -0.05) is 19.4 Å². The van der Waals surface area contributed by atoms with Crippen molar-refractivity contribution in [2.45, 2.75) is 45.8 Å². The van der Waals surface area contributed by atoms with Crippen molar-refractivity contribution >= 4 is 5.78 Å². The Morgan fingerprint density at radius 3 is 2.89 bits per heavy atom. The largest absolute Gasteiger partial charge is 0.355 e. The summed E-state index contributed by atoms with van der Waals surface area (Å²) in [5.74, 6) is 0.843. The van der Waals surface area contributed by atoms with E-state index in [0.717, 1.165) is 25.9 Å². The molecule has 0 amide bonds. The molecule has 3 aliphatic rings. The summed E-state index contributed by atoms with van der Waals surface area (Å²) in [6, 6.07) is 0. The zero-order valence-electron chi connectivity index (χ0n) is 11.5. The third-order valence-electron chi connectivity index (χ3n) is 5.87. The number of allylic oxidation sites excluding steroid dienone is 2. The van der Waals surface area contributed by atoms with Crippen LogP contribution in [0.25, 0.3) is 0 Å². The molecule has 0 aromatic heterocycles. The van der Waals surface area contributed by atoms with Crippen molar-refractivity contribution < 1.29 is 14.3 Å². The minimum Gasteiger partial charge on any atom is -0.355 e. The summed E-state index contributed by atoms with van der Waals surface area (Å²) in [6.45, 7) is 5.39. The molecule has 0 radical (unpaired) electrons. The first kappa shape index (κ1) is 12.4. The predicted octanol–water partition coefficient (Wildman–Crippen LogP) is 2.70. The highest BCUT2D eigenvalue weighted by Crippen LogP contribution is 2.64. The van der Waals surface area contributed by atoms with E-state index in [4.69, 9.17) is 9.47 Å². The van der Waals surface area contributed by atoms with Gasteiger partial charge in [0.25, 0.3) is 0 Å². The van der Waals surface area contributed by atoms with Crippen molar-refractivity contribution in [3.05, 3.63) is 11.6 Å². The fourth-order valence-electron chi connectivity index (χ4n) is 4.40. The van der Waals surface area contributed by atoms with Gasteiger partial charge in [0.1, 0.15) is 0 Å². The molecule has 0 unspecified atom stereocenters. The maximum atomic E-state index is 11.7. The fraction of sp³-hybridized carbons (Fsp3) is 0.800. The van der Waals surface area contributed by atoms with Crippen LogP contribution in [0, 0.1) is 16.7 Å². The normalized spacial score (nSPS) is 47.5. The van der Waals surface area contributed by atoms with Crippen LogP contribution in [0.15, 0.2) is 11.6 Å². The van der Waals surface area contributed by atoms with Gasteiger partial charge in [-0.05, 0) is 36.7 Å². The van der Waals surface area contributed by atoms with Crippen molar-refractivity contribution in [1.82, 2.24) is 0 Å². The van der Waals surface area contributed by atoms with Crippen LogP contribution in [0.5, 0.6) is 0 Å². The number of methoxy groups -OCH3 is 1. The van der Waals surface area contributed by atoms with Crippen molar-refractivity contribution in [3.63, 3.8) is 0 Å². The van der Waals surface area contributed by atoms with Crippen LogP contribution >= 0.6 is 0 Å². The van der Waals surface area contributed by atoms with Crippen molar-refractivity contribution in [3.8, 4) is 0 Å². The van der Waals surface area contributed by atoms with Crippen molar-refractivity contribution in [2.75, 3.05) is 13.7 Å². The summed E-state index contributed by atoms with van der Waals surface area (Å²) >= 11 is 0. The highest BCUT2D eigenvalue weighted by molar-refractivity contribution is 5.91. The van der Waals surface area contributed by atoms with Gasteiger partial charge in [-0.15, -0.1) is 0 Å². The van der Waals surface area contributed by atoms with E-state index < -0.39 is 0 Å². The zero-order valence-corrected chi connectivity index (χ0v) is 11.5. The average Bonchev–Trinajstić information content (AvgIpc) is 2.69. The van der Waals surface area contributed by atoms with Crippen LogP contribution in [-0.2, 0) is 14.3 Å². The first-order valence-corrected chi connectivity index (χ1v) is 6.90. The fourth-order valence-corrected chi connectivity index (χ4v) is 4.40. The Hall–Kier alpha value is -0.670. The topological polar surface area (TPSA) is 35.5 Å². The number of rotatable bonds is 1. The van der Waals surface area contributed by atoms with E-state index in [1.165, 1.54) is 5.57 Å². The molecule has 0 spiro atoms. The molecule has 2 aliphatic carbocycles. The zero-order chi connectivity index (χ0) is 13.0. The number of ether oxygens (including phenoxy) is 2. The molecule has 0 N–H and O–H groups in total. The summed E-state index contributed by atoms with van der Waals surface area (Å²) < 4.78 is 11.4. The second-order valence-corrected chi connectivity index (χ2v) is 6.39. The molecule has 4 atom stereocenters. The van der Waals surface area contributed by atoms with E-state index in [9.17, 15) is 4.79 Å². The van der Waals surface area contributed by atoms with Gasteiger partial charge in [0.2, 0.25) is 0 Å². The van der Waals surface area contributed by atoms with Crippen LogP contribution in [0.1, 0.15) is 39.5 Å². The Balaban J connectivity index is 2.08. The lowest BCUT2D eigenvalue weighted by Crippen LogP contribution is -2.53. The molecule has 0 aromatic carbocycles. The minimum atomic E-state index is -0.135. The highest BCUT2D eigenvalue weighted by Gasteiger charge is 2.62. The number of carbonyl (C=O) groups excluding carboxylic acids is 1. The molecule has 2 fully saturated rings. The second-order valence-electron chi connectivity index (χ2n) is 6.39. The number of carbonyl (C=O) groups is 1. The number of hydrogen-bond acceptors (Lipinski definition) is 3. The number of fused-ring (bicyclic) bond motifs is 3. The van der Waals surface area contributed by atoms with Gasteiger partial charge < -0.3 is 9.47 Å². The average molecular weight is 250 g/mol. The smallest absolute Gasteiger partial charge is 0.163 e. The van der Waals surface area contributed by atoms with E-state index in [1.807, 2.05) is 6.08 Å². The molecular weight excluding hydrogens is 228 g/mol. The SMILES string of the molecule is CO[C@@H]1OC[C@@H]2CCC3=CC(=O)CC[C@]3(C)[C@]21C. The van der Waals surface area contributed by atoms with Crippen LogP contribution < -0.4 is 0 Å². The molecule has 1 aliphatic heterocycles. The van der Waals surface area contributed by atoms with Crippen LogP contribution in [0.4, 0.5) is 0 Å². The summed E-state index contributed by atoms with van der Waals surface area (Å²) in [4.78, 5) is 11.7. The molecule has 3 heteroatoms. The third-order valence-corrected chi connectivity index (χ3v) is 5.87. The molecule has 3 rings (SSSR count).